The van der Waals surface area contributed by atoms with Crippen LogP contribution in [-0.4, -0.2) is 39.1 Å². The molecule has 2 aromatic carbocycles. The van der Waals surface area contributed by atoms with Crippen LogP contribution >= 0.6 is 11.6 Å². The molecule has 0 heterocycles. The average Bonchev–Trinajstić information content (AvgIpc) is 2.64. The van der Waals surface area contributed by atoms with Crippen molar-refractivity contribution in [2.45, 2.75) is 31.3 Å². The summed E-state index contributed by atoms with van der Waals surface area (Å²) in [5, 5.41) is 5.57. The van der Waals surface area contributed by atoms with Gasteiger partial charge in [-0.2, -0.15) is 0 Å². The van der Waals surface area contributed by atoms with E-state index in [0.29, 0.717) is 5.02 Å². The summed E-state index contributed by atoms with van der Waals surface area (Å²) in [4.78, 5) is 24.1. The second kappa shape index (κ2) is 9.82. The Bertz CT molecular complexity index is 1000. The normalized spacial score (nSPS) is 11.5. The van der Waals surface area contributed by atoms with E-state index in [0.717, 1.165) is 0 Å². The van der Waals surface area contributed by atoms with Gasteiger partial charge in [-0.3, -0.25) is 9.52 Å². The predicted molar refractivity (Wildman–Crippen MR) is 115 cm³/mol. The fourth-order valence-electron chi connectivity index (χ4n) is 2.34. The van der Waals surface area contributed by atoms with Crippen LogP contribution in [-0.2, 0) is 14.8 Å². The third-order valence-corrected chi connectivity index (χ3v) is 5.25. The van der Waals surface area contributed by atoms with Crippen molar-refractivity contribution in [2.24, 2.45) is 0 Å². The van der Waals surface area contributed by atoms with Gasteiger partial charge in [0.25, 0.3) is 15.9 Å². The maximum Gasteiger partial charge on any atom is 0.407 e. The molecule has 0 aliphatic rings. The number of ether oxygens (including phenoxy) is 1. The van der Waals surface area contributed by atoms with Crippen molar-refractivity contribution < 1.29 is 22.7 Å². The lowest BCUT2D eigenvalue weighted by Gasteiger charge is -2.19. The minimum atomic E-state index is -3.90. The van der Waals surface area contributed by atoms with Crippen LogP contribution in [0.2, 0.25) is 5.02 Å². The number of amides is 2. The monoisotopic (exact) mass is 453 g/mol. The second-order valence-corrected chi connectivity index (χ2v) is 9.41. The van der Waals surface area contributed by atoms with Crippen LogP contribution in [0.25, 0.3) is 0 Å². The van der Waals surface area contributed by atoms with Crippen molar-refractivity contribution in [3.05, 3.63) is 59.1 Å². The maximum atomic E-state index is 12.6. The summed E-state index contributed by atoms with van der Waals surface area (Å²) >= 11 is 5.80. The van der Waals surface area contributed by atoms with Crippen LogP contribution < -0.4 is 15.4 Å². The molecule has 0 spiro atoms. The number of hydrogen-bond acceptors (Lipinski definition) is 5. The summed E-state index contributed by atoms with van der Waals surface area (Å²) in [6.07, 6.45) is -0.590. The first-order chi connectivity index (χ1) is 14.0. The Labute approximate surface area is 181 Å². The minimum Gasteiger partial charge on any atom is -0.444 e. The van der Waals surface area contributed by atoms with Gasteiger partial charge < -0.3 is 15.4 Å². The van der Waals surface area contributed by atoms with Gasteiger partial charge in [0, 0.05) is 18.1 Å². The van der Waals surface area contributed by atoms with Gasteiger partial charge >= 0.3 is 6.09 Å². The van der Waals surface area contributed by atoms with Gasteiger partial charge in [-0.05, 0) is 57.2 Å². The molecule has 0 atom stereocenters. The predicted octanol–water partition coefficient (Wildman–Crippen LogP) is 3.40. The van der Waals surface area contributed by atoms with Crippen molar-refractivity contribution in [3.8, 4) is 0 Å². The summed E-state index contributed by atoms with van der Waals surface area (Å²) in [5.41, 5.74) is -0.342. The van der Waals surface area contributed by atoms with Gasteiger partial charge in [0.2, 0.25) is 0 Å². The first-order valence-electron chi connectivity index (χ1n) is 9.10. The molecule has 8 nitrogen and oxygen atoms in total. The Hall–Kier alpha value is -2.78. The standard InChI is InChI=1S/C20H24ClN3O5S/c1-20(2,3)29-19(26)23-13-12-22-18(25)16-6-4-5-7-17(16)24-30(27,28)15-10-8-14(21)9-11-15/h4-11,24H,12-13H2,1-3H3,(H,22,25)(H,23,26). The van der Waals surface area contributed by atoms with Gasteiger partial charge in [0.15, 0.2) is 0 Å². The number of benzene rings is 2. The zero-order valence-corrected chi connectivity index (χ0v) is 18.4. The summed E-state index contributed by atoms with van der Waals surface area (Å²) < 4.78 is 32.7. The van der Waals surface area contributed by atoms with Gasteiger partial charge in [-0.1, -0.05) is 23.7 Å². The number of rotatable bonds is 7. The molecule has 0 bridgehead atoms. The van der Waals surface area contributed by atoms with E-state index in [2.05, 4.69) is 15.4 Å². The first kappa shape index (κ1) is 23.5. The third kappa shape index (κ3) is 7.23. The Morgan fingerprint density at radius 3 is 2.20 bits per heavy atom. The lowest BCUT2D eigenvalue weighted by Crippen LogP contribution is -2.38. The molecule has 3 N–H and O–H groups in total. The SMILES string of the molecule is CC(C)(C)OC(=O)NCCNC(=O)c1ccccc1NS(=O)(=O)c1ccc(Cl)cc1. The number of alkyl carbamates (subject to hydrolysis) is 1. The smallest absolute Gasteiger partial charge is 0.407 e. The number of carbonyl (C=O) groups excluding carboxylic acids is 2. The number of hydrogen-bond donors (Lipinski definition) is 3. The van der Waals surface area contributed by atoms with Crippen molar-refractivity contribution in [1.29, 1.82) is 0 Å². The molecule has 0 unspecified atom stereocenters. The summed E-state index contributed by atoms with van der Waals surface area (Å²) in [6, 6.07) is 11.9. The lowest BCUT2D eigenvalue weighted by atomic mass is 10.1. The van der Waals surface area contributed by atoms with Crippen LogP contribution in [0.15, 0.2) is 53.4 Å². The average molecular weight is 454 g/mol. The zero-order valence-electron chi connectivity index (χ0n) is 16.9. The molecule has 0 radical (unpaired) electrons. The van der Waals surface area contributed by atoms with Crippen molar-refractivity contribution >= 4 is 39.3 Å². The van der Waals surface area contributed by atoms with E-state index in [9.17, 15) is 18.0 Å². The molecular formula is C20H24ClN3O5S. The summed E-state index contributed by atoms with van der Waals surface area (Å²) in [5.74, 6) is -0.490. The quantitative estimate of drug-likeness (QED) is 0.556. The number of carbonyl (C=O) groups is 2. The fourth-order valence-corrected chi connectivity index (χ4v) is 3.54. The Kier molecular flexibility index (Phi) is 7.69. The zero-order chi connectivity index (χ0) is 22.4. The highest BCUT2D eigenvalue weighted by molar-refractivity contribution is 7.92. The number of sulfonamides is 1. The van der Waals surface area contributed by atoms with E-state index < -0.39 is 27.6 Å². The van der Waals surface area contributed by atoms with Crippen LogP contribution in [0.5, 0.6) is 0 Å². The first-order valence-corrected chi connectivity index (χ1v) is 11.0. The van der Waals surface area contributed by atoms with Gasteiger partial charge in [-0.15, -0.1) is 0 Å². The number of para-hydroxylation sites is 1. The van der Waals surface area contributed by atoms with E-state index in [1.807, 2.05) is 0 Å². The van der Waals surface area contributed by atoms with Crippen molar-refractivity contribution in [1.82, 2.24) is 10.6 Å². The van der Waals surface area contributed by atoms with Crippen LogP contribution in [0, 0.1) is 0 Å². The highest BCUT2D eigenvalue weighted by Gasteiger charge is 2.19. The molecule has 2 amide bonds. The molecule has 0 aliphatic heterocycles. The molecule has 0 saturated heterocycles. The van der Waals surface area contributed by atoms with Gasteiger partial charge in [-0.25, -0.2) is 13.2 Å². The third-order valence-electron chi connectivity index (χ3n) is 3.62. The largest absolute Gasteiger partial charge is 0.444 e. The molecular weight excluding hydrogens is 430 g/mol. The molecule has 2 aromatic rings. The van der Waals surface area contributed by atoms with Crippen LogP contribution in [0.3, 0.4) is 0 Å². The molecule has 10 heteroatoms. The van der Waals surface area contributed by atoms with Crippen molar-refractivity contribution in [2.75, 3.05) is 17.8 Å². The maximum absolute atomic E-state index is 12.6. The molecule has 30 heavy (non-hydrogen) atoms. The van der Waals surface area contributed by atoms with Crippen molar-refractivity contribution in [3.63, 3.8) is 0 Å². The lowest BCUT2D eigenvalue weighted by molar-refractivity contribution is 0.0526. The van der Waals surface area contributed by atoms with Gasteiger partial charge in [0.05, 0.1) is 16.1 Å². The molecule has 0 aromatic heterocycles. The topological polar surface area (TPSA) is 114 Å². The molecule has 0 saturated carbocycles. The highest BCUT2D eigenvalue weighted by Crippen LogP contribution is 2.21. The summed E-state index contributed by atoms with van der Waals surface area (Å²) in [7, 11) is -3.90. The molecule has 0 aliphatic carbocycles. The molecule has 2 rings (SSSR count). The number of halogens is 1. The van der Waals surface area contributed by atoms with Gasteiger partial charge in [0.1, 0.15) is 5.60 Å². The molecule has 162 valence electrons. The number of anilines is 1. The van der Waals surface area contributed by atoms with E-state index >= 15 is 0 Å². The minimum absolute atomic E-state index is 0.0173. The van der Waals surface area contributed by atoms with E-state index in [4.69, 9.17) is 16.3 Å². The van der Waals surface area contributed by atoms with E-state index in [1.165, 1.54) is 36.4 Å². The van der Waals surface area contributed by atoms with Crippen LogP contribution in [0.4, 0.5) is 10.5 Å². The second-order valence-electron chi connectivity index (χ2n) is 7.29. The summed E-state index contributed by atoms with van der Waals surface area (Å²) in [6.45, 7) is 5.53. The van der Waals surface area contributed by atoms with Crippen LogP contribution in [0.1, 0.15) is 31.1 Å². The Balaban J connectivity index is 2.00. The highest BCUT2D eigenvalue weighted by atomic mass is 35.5. The molecule has 0 fully saturated rings. The fraction of sp³-hybridized carbons (Fsp3) is 0.300. The van der Waals surface area contributed by atoms with E-state index in [-0.39, 0.29) is 29.2 Å². The van der Waals surface area contributed by atoms with E-state index in [1.54, 1.807) is 32.9 Å². The number of nitrogens with one attached hydrogen (secondary N) is 3. The Morgan fingerprint density at radius 2 is 1.57 bits per heavy atom. The Morgan fingerprint density at radius 1 is 0.967 bits per heavy atom.